The zero-order valence-electron chi connectivity index (χ0n) is 19.2. The molecule has 0 bridgehead atoms. The van der Waals surface area contributed by atoms with Gasteiger partial charge in [0.2, 0.25) is 11.8 Å². The number of thioether (sulfide) groups is 1. The Bertz CT molecular complexity index is 511. The molecule has 0 aromatic carbocycles. The average Bonchev–Trinajstić information content (AvgIpc) is 2.46. The van der Waals surface area contributed by atoms with Gasteiger partial charge in [0.1, 0.15) is 0 Å². The van der Waals surface area contributed by atoms with Gasteiger partial charge in [-0.1, -0.05) is 48.5 Å². The molecule has 0 spiro atoms. The van der Waals surface area contributed by atoms with Gasteiger partial charge in [-0.15, -0.1) is 11.8 Å². The van der Waals surface area contributed by atoms with E-state index >= 15 is 0 Å². The van der Waals surface area contributed by atoms with E-state index in [4.69, 9.17) is 0 Å². The molecule has 0 fully saturated rings. The third-order valence-electron chi connectivity index (χ3n) is 4.34. The number of amides is 2. The van der Waals surface area contributed by atoms with Crippen LogP contribution >= 0.6 is 11.8 Å². The first-order valence-electron chi connectivity index (χ1n) is 9.58. The van der Waals surface area contributed by atoms with E-state index in [2.05, 4.69) is 56.3 Å². The number of rotatable bonds is 10. The molecule has 0 saturated heterocycles. The van der Waals surface area contributed by atoms with Crippen LogP contribution in [0.1, 0.15) is 82.1 Å². The number of hydrogen-bond donors (Lipinski definition) is 4. The van der Waals surface area contributed by atoms with Crippen molar-refractivity contribution in [2.75, 3.05) is 6.26 Å². The molecule has 6 nitrogen and oxygen atoms in total. The van der Waals surface area contributed by atoms with Crippen molar-refractivity contribution in [2.24, 2.45) is 16.2 Å². The number of hydrazine groups is 2. The second kappa shape index (κ2) is 9.61. The molecule has 0 aliphatic rings. The summed E-state index contributed by atoms with van der Waals surface area (Å²) in [6.45, 7) is 20.1. The van der Waals surface area contributed by atoms with E-state index in [1.54, 1.807) is 11.8 Å². The molecular weight excluding hydrogens is 360 g/mol. The Labute approximate surface area is 170 Å². The number of nitrogens with one attached hydrogen (secondary N) is 4. The van der Waals surface area contributed by atoms with Crippen LogP contribution < -0.4 is 21.7 Å². The summed E-state index contributed by atoms with van der Waals surface area (Å²) in [7, 11) is 0. The van der Waals surface area contributed by atoms with Crippen molar-refractivity contribution in [1.29, 1.82) is 0 Å². The highest BCUT2D eigenvalue weighted by Gasteiger charge is 2.39. The molecule has 0 saturated carbocycles. The van der Waals surface area contributed by atoms with Gasteiger partial charge in [0.25, 0.3) is 0 Å². The lowest BCUT2D eigenvalue weighted by Crippen LogP contribution is -2.56. The number of carbonyl (C=O) groups excluding carboxylic acids is 2. The van der Waals surface area contributed by atoms with E-state index in [0.29, 0.717) is 6.42 Å². The molecule has 0 aromatic rings. The highest BCUT2D eigenvalue weighted by molar-refractivity contribution is 7.99. The van der Waals surface area contributed by atoms with Gasteiger partial charge in [-0.2, -0.15) is 0 Å². The standard InChI is InChI=1S/C20H42N4O2S/c1-14(27-11)21-22-15(25)18(5,6)13-19(7,8)16(26)23-24-20(9,10)12-17(2,3)4/h14,21,24H,12-13H2,1-11H3,(H,22,25)(H,23,26). The van der Waals surface area contributed by atoms with E-state index < -0.39 is 10.8 Å². The minimum atomic E-state index is -0.698. The zero-order chi connectivity index (χ0) is 21.7. The molecule has 0 rings (SSSR count). The molecule has 1 unspecified atom stereocenters. The van der Waals surface area contributed by atoms with Crippen molar-refractivity contribution >= 4 is 23.6 Å². The molecule has 1 atom stereocenters. The molecule has 160 valence electrons. The van der Waals surface area contributed by atoms with Crippen molar-refractivity contribution < 1.29 is 9.59 Å². The van der Waals surface area contributed by atoms with Crippen LogP contribution in [0.3, 0.4) is 0 Å². The maximum absolute atomic E-state index is 12.8. The van der Waals surface area contributed by atoms with Gasteiger partial charge in [0.05, 0.1) is 5.37 Å². The predicted octanol–water partition coefficient (Wildman–Crippen LogP) is 3.59. The molecule has 0 aliphatic heterocycles. The Morgan fingerprint density at radius 2 is 1.26 bits per heavy atom. The van der Waals surface area contributed by atoms with Gasteiger partial charge in [-0.25, -0.2) is 10.9 Å². The predicted molar refractivity (Wildman–Crippen MR) is 116 cm³/mol. The summed E-state index contributed by atoms with van der Waals surface area (Å²) in [4.78, 5) is 25.3. The van der Waals surface area contributed by atoms with E-state index in [-0.39, 0.29) is 28.1 Å². The van der Waals surface area contributed by atoms with Crippen molar-refractivity contribution in [3.63, 3.8) is 0 Å². The lowest BCUT2D eigenvalue weighted by molar-refractivity contribution is -0.137. The van der Waals surface area contributed by atoms with Crippen LogP contribution in [-0.4, -0.2) is 29.0 Å². The smallest absolute Gasteiger partial charge is 0.239 e. The Balaban J connectivity index is 4.83. The second-order valence-corrected chi connectivity index (χ2v) is 11.8. The fourth-order valence-electron chi connectivity index (χ4n) is 3.43. The minimum absolute atomic E-state index is 0.115. The Hall–Kier alpha value is -0.790. The zero-order valence-corrected chi connectivity index (χ0v) is 20.0. The number of carbonyl (C=O) groups is 2. The number of hydrogen-bond acceptors (Lipinski definition) is 5. The average molecular weight is 403 g/mol. The highest BCUT2D eigenvalue weighted by atomic mass is 32.2. The molecule has 0 heterocycles. The fourth-order valence-corrected chi connectivity index (χ4v) is 3.60. The maximum Gasteiger partial charge on any atom is 0.239 e. The summed E-state index contributed by atoms with van der Waals surface area (Å²) in [5, 5.41) is 0.121. The third-order valence-corrected chi connectivity index (χ3v) is 5.17. The van der Waals surface area contributed by atoms with E-state index in [1.165, 1.54) is 0 Å². The van der Waals surface area contributed by atoms with Crippen LogP contribution in [0.2, 0.25) is 0 Å². The topological polar surface area (TPSA) is 82.3 Å². The van der Waals surface area contributed by atoms with Gasteiger partial charge in [0.15, 0.2) is 0 Å². The first-order valence-corrected chi connectivity index (χ1v) is 10.9. The van der Waals surface area contributed by atoms with Crippen molar-refractivity contribution in [3.8, 4) is 0 Å². The maximum atomic E-state index is 12.8. The van der Waals surface area contributed by atoms with Crippen molar-refractivity contribution in [3.05, 3.63) is 0 Å². The summed E-state index contributed by atoms with van der Waals surface area (Å²) >= 11 is 1.61. The molecule has 0 aliphatic carbocycles. The summed E-state index contributed by atoms with van der Waals surface area (Å²) < 4.78 is 0. The first-order chi connectivity index (χ1) is 11.9. The largest absolute Gasteiger partial charge is 0.291 e. The summed E-state index contributed by atoms with van der Waals surface area (Å²) in [5.41, 5.74) is 10.3. The Kier molecular flexibility index (Phi) is 9.33. The van der Waals surface area contributed by atoms with Crippen LogP contribution in [0.15, 0.2) is 0 Å². The molecule has 0 aromatic heterocycles. The van der Waals surface area contributed by atoms with Crippen LogP contribution in [0.25, 0.3) is 0 Å². The van der Waals surface area contributed by atoms with E-state index in [9.17, 15) is 9.59 Å². The molecule has 7 heteroatoms. The fraction of sp³-hybridized carbons (Fsp3) is 0.900. The van der Waals surface area contributed by atoms with Gasteiger partial charge in [-0.3, -0.25) is 20.4 Å². The molecule has 4 N–H and O–H groups in total. The van der Waals surface area contributed by atoms with Gasteiger partial charge in [-0.05, 0) is 45.3 Å². The van der Waals surface area contributed by atoms with Gasteiger partial charge in [0, 0.05) is 16.4 Å². The quantitative estimate of drug-likeness (QED) is 0.332. The first kappa shape index (κ1) is 26.2. The molecular formula is C20H42N4O2S. The highest BCUT2D eigenvalue weighted by Crippen LogP contribution is 2.34. The normalized spacial score (nSPS) is 14.6. The minimum Gasteiger partial charge on any atom is -0.291 e. The summed E-state index contributed by atoms with van der Waals surface area (Å²) in [5.74, 6) is -0.235. The van der Waals surface area contributed by atoms with Gasteiger partial charge >= 0.3 is 0 Å². The Morgan fingerprint density at radius 3 is 1.67 bits per heavy atom. The lowest BCUT2D eigenvalue weighted by atomic mass is 9.74. The van der Waals surface area contributed by atoms with Crippen LogP contribution in [-0.2, 0) is 9.59 Å². The second-order valence-electron chi connectivity index (χ2n) is 10.6. The van der Waals surface area contributed by atoms with E-state index in [1.807, 2.05) is 40.9 Å². The summed E-state index contributed by atoms with van der Waals surface area (Å²) in [6, 6.07) is 0. The lowest BCUT2D eigenvalue weighted by Gasteiger charge is -2.36. The van der Waals surface area contributed by atoms with Crippen LogP contribution in [0.4, 0.5) is 0 Å². The molecule has 2 amide bonds. The van der Waals surface area contributed by atoms with Crippen molar-refractivity contribution in [2.45, 2.75) is 93.0 Å². The van der Waals surface area contributed by atoms with E-state index in [0.717, 1.165) is 6.42 Å². The summed E-state index contributed by atoms with van der Waals surface area (Å²) in [6.07, 6.45) is 3.30. The SMILES string of the molecule is CSC(C)NNC(=O)C(C)(C)CC(C)(C)C(=O)NNC(C)(C)CC(C)(C)C. The molecule has 27 heavy (non-hydrogen) atoms. The monoisotopic (exact) mass is 402 g/mol. The Morgan fingerprint density at radius 1 is 0.815 bits per heavy atom. The third kappa shape index (κ3) is 10.4. The van der Waals surface area contributed by atoms with Crippen LogP contribution in [0.5, 0.6) is 0 Å². The van der Waals surface area contributed by atoms with Gasteiger partial charge < -0.3 is 0 Å². The van der Waals surface area contributed by atoms with Crippen molar-refractivity contribution in [1.82, 2.24) is 21.7 Å². The van der Waals surface area contributed by atoms with Crippen LogP contribution in [0, 0.1) is 16.2 Å². The molecule has 0 radical (unpaired) electrons.